The van der Waals surface area contributed by atoms with Crippen LogP contribution >= 0.6 is 0 Å². The minimum atomic E-state index is -0.416. The number of allylic oxidation sites excluding steroid dienone is 2. The van der Waals surface area contributed by atoms with Crippen LogP contribution in [0.25, 0.3) is 0 Å². The molecule has 0 spiro atoms. The molecule has 36 heavy (non-hydrogen) atoms. The summed E-state index contributed by atoms with van der Waals surface area (Å²) >= 11 is 0. The van der Waals surface area contributed by atoms with Crippen LogP contribution in [0.15, 0.2) is 24.3 Å². The van der Waals surface area contributed by atoms with E-state index in [1.165, 1.54) is 12.2 Å². The standard InChI is InChI=1S/C27H43N3O6/c1-26(2,20-29-22(31)14-18-30-23(32)12-13-24(30)33)16-19-35-27(3,4)15-17-28-25(34)36-21-10-8-6-5-7-9-11-21/h5-6,12-13,21H,7-11,14-20H2,1-4H3,(H,28,34)(H,29,31)/b6-5+. The Morgan fingerprint density at radius 3 is 2.42 bits per heavy atom. The van der Waals surface area contributed by atoms with E-state index in [4.69, 9.17) is 9.47 Å². The molecule has 0 radical (unpaired) electrons. The molecule has 9 nitrogen and oxygen atoms in total. The van der Waals surface area contributed by atoms with Crippen molar-refractivity contribution in [1.29, 1.82) is 0 Å². The molecule has 9 heteroatoms. The van der Waals surface area contributed by atoms with Crippen LogP contribution in [0.3, 0.4) is 0 Å². The van der Waals surface area contributed by atoms with E-state index in [-0.39, 0.29) is 48.3 Å². The Morgan fingerprint density at radius 2 is 1.69 bits per heavy atom. The lowest BCUT2D eigenvalue weighted by Gasteiger charge is -2.30. The Balaban J connectivity index is 1.58. The van der Waals surface area contributed by atoms with Gasteiger partial charge in [-0.2, -0.15) is 0 Å². The maximum atomic E-state index is 12.2. The molecule has 1 atom stereocenters. The van der Waals surface area contributed by atoms with E-state index in [2.05, 4.69) is 22.8 Å². The summed E-state index contributed by atoms with van der Waals surface area (Å²) in [4.78, 5) is 48.5. The molecule has 1 aliphatic heterocycles. The lowest BCUT2D eigenvalue weighted by molar-refractivity contribution is -0.137. The number of nitrogens with zero attached hydrogens (tertiary/aromatic N) is 1. The van der Waals surface area contributed by atoms with Gasteiger partial charge >= 0.3 is 6.09 Å². The molecule has 0 saturated heterocycles. The molecule has 202 valence electrons. The van der Waals surface area contributed by atoms with Gasteiger partial charge in [-0.15, -0.1) is 0 Å². The summed E-state index contributed by atoms with van der Waals surface area (Å²) in [6.07, 6.45) is 12.6. The second-order valence-electron chi connectivity index (χ2n) is 10.9. The lowest BCUT2D eigenvalue weighted by atomic mass is 9.89. The van der Waals surface area contributed by atoms with E-state index >= 15 is 0 Å². The highest BCUT2D eigenvalue weighted by molar-refractivity contribution is 6.13. The molecule has 0 bridgehead atoms. The second kappa shape index (κ2) is 14.2. The molecule has 0 saturated carbocycles. The van der Waals surface area contributed by atoms with Crippen molar-refractivity contribution in [3.8, 4) is 0 Å². The van der Waals surface area contributed by atoms with Crippen LogP contribution in [0.4, 0.5) is 4.79 Å². The van der Waals surface area contributed by atoms with Crippen LogP contribution in [0.1, 0.15) is 79.1 Å². The van der Waals surface area contributed by atoms with Gasteiger partial charge in [0.2, 0.25) is 5.91 Å². The second-order valence-corrected chi connectivity index (χ2v) is 10.9. The predicted octanol–water partition coefficient (Wildman–Crippen LogP) is 3.63. The van der Waals surface area contributed by atoms with E-state index < -0.39 is 5.60 Å². The minimum absolute atomic E-state index is 0.0239. The zero-order chi connectivity index (χ0) is 26.6. The molecule has 2 aliphatic rings. The van der Waals surface area contributed by atoms with Gasteiger partial charge in [0.15, 0.2) is 0 Å². The normalized spacial score (nSPS) is 19.6. The van der Waals surface area contributed by atoms with Gasteiger partial charge in [0.1, 0.15) is 6.10 Å². The van der Waals surface area contributed by atoms with Crippen molar-refractivity contribution < 1.29 is 28.7 Å². The number of hydrogen-bond acceptors (Lipinski definition) is 6. The Labute approximate surface area is 215 Å². The van der Waals surface area contributed by atoms with Gasteiger partial charge in [0, 0.05) is 44.8 Å². The molecule has 1 unspecified atom stereocenters. The van der Waals surface area contributed by atoms with Crippen LogP contribution in [-0.2, 0) is 23.9 Å². The van der Waals surface area contributed by atoms with Crippen molar-refractivity contribution >= 4 is 23.8 Å². The number of hydrogen-bond donors (Lipinski definition) is 2. The highest BCUT2D eigenvalue weighted by Crippen LogP contribution is 2.22. The number of carbonyl (C=O) groups is 4. The van der Waals surface area contributed by atoms with Crippen LogP contribution in [0.5, 0.6) is 0 Å². The van der Waals surface area contributed by atoms with Gasteiger partial charge in [0.05, 0.1) is 5.60 Å². The summed E-state index contributed by atoms with van der Waals surface area (Å²) in [7, 11) is 0. The first-order valence-electron chi connectivity index (χ1n) is 13.0. The van der Waals surface area contributed by atoms with Gasteiger partial charge in [0.25, 0.3) is 11.8 Å². The van der Waals surface area contributed by atoms with E-state index in [0.29, 0.717) is 26.1 Å². The number of ether oxygens (including phenoxy) is 2. The van der Waals surface area contributed by atoms with Gasteiger partial charge in [-0.3, -0.25) is 19.3 Å². The van der Waals surface area contributed by atoms with Crippen LogP contribution in [0.2, 0.25) is 0 Å². The van der Waals surface area contributed by atoms with E-state index in [1.807, 2.05) is 27.7 Å². The van der Waals surface area contributed by atoms with Crippen molar-refractivity contribution in [1.82, 2.24) is 15.5 Å². The van der Waals surface area contributed by atoms with Crippen LogP contribution in [0, 0.1) is 5.41 Å². The van der Waals surface area contributed by atoms with Gasteiger partial charge in [-0.05, 0) is 64.2 Å². The number of imide groups is 1. The average molecular weight is 506 g/mol. The first-order valence-corrected chi connectivity index (χ1v) is 13.0. The smallest absolute Gasteiger partial charge is 0.407 e. The molecule has 0 aromatic rings. The van der Waals surface area contributed by atoms with Gasteiger partial charge < -0.3 is 20.1 Å². The molecule has 2 N–H and O–H groups in total. The summed E-state index contributed by atoms with van der Waals surface area (Å²) < 4.78 is 11.6. The zero-order valence-electron chi connectivity index (χ0n) is 22.3. The SMILES string of the molecule is CC(C)(CCOC(C)(C)CCNC(=O)OC1CC/C=C/CCC1)CNC(=O)CCN1C(=O)C=CC1=O. The third-order valence-corrected chi connectivity index (χ3v) is 6.49. The van der Waals surface area contributed by atoms with Gasteiger partial charge in [-0.1, -0.05) is 26.0 Å². The number of amides is 4. The molecular weight excluding hydrogens is 462 g/mol. The van der Waals surface area contributed by atoms with Crippen molar-refractivity contribution in [2.24, 2.45) is 5.41 Å². The molecule has 4 amide bonds. The first kappa shape index (κ1) is 29.5. The highest BCUT2D eigenvalue weighted by Gasteiger charge is 2.25. The zero-order valence-corrected chi connectivity index (χ0v) is 22.3. The largest absolute Gasteiger partial charge is 0.446 e. The topological polar surface area (TPSA) is 114 Å². The summed E-state index contributed by atoms with van der Waals surface area (Å²) in [5, 5.41) is 5.73. The highest BCUT2D eigenvalue weighted by atomic mass is 16.6. The number of carbonyl (C=O) groups excluding carboxylic acids is 4. The Morgan fingerprint density at radius 1 is 1.00 bits per heavy atom. The fraction of sp³-hybridized carbons (Fsp3) is 0.704. The summed E-state index contributed by atoms with van der Waals surface area (Å²) in [6.45, 7) is 9.59. The lowest BCUT2D eigenvalue weighted by Crippen LogP contribution is -2.39. The van der Waals surface area contributed by atoms with Crippen molar-refractivity contribution in [2.45, 2.75) is 90.8 Å². The summed E-state index contributed by atoms with van der Waals surface area (Å²) in [6, 6.07) is 0. The third-order valence-electron chi connectivity index (χ3n) is 6.49. The number of alkyl carbamates (subject to hydrolysis) is 1. The van der Waals surface area contributed by atoms with E-state index in [1.54, 1.807) is 0 Å². The minimum Gasteiger partial charge on any atom is -0.446 e. The molecule has 0 aromatic heterocycles. The Bertz CT molecular complexity index is 815. The molecule has 2 rings (SSSR count). The average Bonchev–Trinajstić information content (AvgIpc) is 3.09. The predicted molar refractivity (Wildman–Crippen MR) is 137 cm³/mol. The maximum Gasteiger partial charge on any atom is 0.407 e. The first-order chi connectivity index (χ1) is 17.0. The molecule has 0 aromatic carbocycles. The summed E-state index contributed by atoms with van der Waals surface area (Å²) in [5.74, 6) is -0.967. The van der Waals surface area contributed by atoms with Crippen molar-refractivity contribution in [2.75, 3.05) is 26.2 Å². The number of nitrogens with one attached hydrogen (secondary N) is 2. The molecule has 1 aliphatic carbocycles. The van der Waals surface area contributed by atoms with E-state index in [0.717, 1.165) is 43.4 Å². The quantitative estimate of drug-likeness (QED) is 0.292. The Kier molecular flexibility index (Phi) is 11.6. The fourth-order valence-electron chi connectivity index (χ4n) is 3.96. The maximum absolute atomic E-state index is 12.2. The van der Waals surface area contributed by atoms with Gasteiger partial charge in [-0.25, -0.2) is 4.79 Å². The summed E-state index contributed by atoms with van der Waals surface area (Å²) in [5.41, 5.74) is -0.609. The molecule has 1 heterocycles. The Hall–Kier alpha value is -2.68. The van der Waals surface area contributed by atoms with E-state index in [9.17, 15) is 19.2 Å². The van der Waals surface area contributed by atoms with Crippen LogP contribution in [-0.4, -0.2) is 66.7 Å². The van der Waals surface area contributed by atoms with Crippen molar-refractivity contribution in [3.63, 3.8) is 0 Å². The number of rotatable bonds is 13. The third kappa shape index (κ3) is 11.4. The molecular formula is C27H43N3O6. The molecule has 0 fully saturated rings. The monoisotopic (exact) mass is 505 g/mol. The van der Waals surface area contributed by atoms with Crippen LogP contribution < -0.4 is 10.6 Å². The van der Waals surface area contributed by atoms with Crippen molar-refractivity contribution in [3.05, 3.63) is 24.3 Å². The fourth-order valence-corrected chi connectivity index (χ4v) is 3.96.